The molecule has 1 nitrogen and oxygen atoms in total. The van der Waals surface area contributed by atoms with Gasteiger partial charge in [-0.25, -0.2) is 0 Å². The molecule has 1 atom stereocenters. The zero-order valence-corrected chi connectivity index (χ0v) is 11.9. The fourth-order valence-corrected chi connectivity index (χ4v) is 2.47. The van der Waals surface area contributed by atoms with Crippen molar-refractivity contribution in [3.8, 4) is 5.75 Å². The Bertz CT molecular complexity index is 529. The zero-order chi connectivity index (χ0) is 13.8. The van der Waals surface area contributed by atoms with E-state index in [9.17, 15) is 5.11 Å². The maximum Gasteiger partial charge on any atom is 0.122 e. The predicted octanol–water partition coefficient (Wildman–Crippen LogP) is 4.86. The van der Waals surface area contributed by atoms with Crippen molar-refractivity contribution in [1.82, 2.24) is 0 Å². The fraction of sp³-hybridized carbons (Fsp3) is 0.333. The van der Waals surface area contributed by atoms with Gasteiger partial charge in [0.1, 0.15) is 5.75 Å². The SMILES string of the molecule is CC(C)c1cccc(CC(C)c2ccccc2)c1O. The van der Waals surface area contributed by atoms with E-state index < -0.39 is 0 Å². The van der Waals surface area contributed by atoms with Crippen LogP contribution in [-0.2, 0) is 6.42 Å². The number of phenols is 1. The topological polar surface area (TPSA) is 20.2 Å². The van der Waals surface area contributed by atoms with Crippen molar-refractivity contribution in [1.29, 1.82) is 0 Å². The standard InChI is InChI=1S/C18H22O/c1-13(2)17-11-7-10-16(18(17)19)12-14(3)15-8-5-4-6-9-15/h4-11,13-14,19H,12H2,1-3H3. The van der Waals surface area contributed by atoms with Gasteiger partial charge in [-0.3, -0.25) is 0 Å². The van der Waals surface area contributed by atoms with E-state index >= 15 is 0 Å². The summed E-state index contributed by atoms with van der Waals surface area (Å²) in [7, 11) is 0. The van der Waals surface area contributed by atoms with E-state index in [1.165, 1.54) is 5.56 Å². The van der Waals surface area contributed by atoms with Crippen molar-refractivity contribution < 1.29 is 5.11 Å². The number of rotatable bonds is 4. The Hall–Kier alpha value is -1.76. The molecule has 0 bridgehead atoms. The molecule has 1 unspecified atom stereocenters. The van der Waals surface area contributed by atoms with Gasteiger partial charge < -0.3 is 5.11 Å². The minimum absolute atomic E-state index is 0.354. The zero-order valence-electron chi connectivity index (χ0n) is 11.9. The predicted molar refractivity (Wildman–Crippen MR) is 80.8 cm³/mol. The Kier molecular flexibility index (Phi) is 4.26. The van der Waals surface area contributed by atoms with E-state index in [4.69, 9.17) is 0 Å². The van der Waals surface area contributed by atoms with Crippen molar-refractivity contribution >= 4 is 0 Å². The molecule has 0 saturated carbocycles. The first kappa shape index (κ1) is 13.7. The normalized spacial score (nSPS) is 12.6. The lowest BCUT2D eigenvalue weighted by molar-refractivity contribution is 0.455. The molecule has 100 valence electrons. The van der Waals surface area contributed by atoms with Crippen LogP contribution in [0.5, 0.6) is 5.75 Å². The molecule has 0 saturated heterocycles. The van der Waals surface area contributed by atoms with Gasteiger partial charge in [0.25, 0.3) is 0 Å². The van der Waals surface area contributed by atoms with Crippen LogP contribution in [0.15, 0.2) is 48.5 Å². The summed E-state index contributed by atoms with van der Waals surface area (Å²) in [6, 6.07) is 16.5. The Labute approximate surface area is 115 Å². The third-order valence-electron chi connectivity index (χ3n) is 3.67. The van der Waals surface area contributed by atoms with Crippen LogP contribution in [0.25, 0.3) is 0 Å². The molecule has 19 heavy (non-hydrogen) atoms. The smallest absolute Gasteiger partial charge is 0.122 e. The second-order valence-electron chi connectivity index (χ2n) is 5.53. The lowest BCUT2D eigenvalue weighted by Gasteiger charge is -2.16. The van der Waals surface area contributed by atoms with Gasteiger partial charge in [-0.05, 0) is 34.9 Å². The maximum atomic E-state index is 10.4. The molecule has 0 aliphatic heterocycles. The second kappa shape index (κ2) is 5.92. The summed E-state index contributed by atoms with van der Waals surface area (Å²) in [5.41, 5.74) is 3.40. The van der Waals surface area contributed by atoms with Crippen LogP contribution in [-0.4, -0.2) is 5.11 Å². The van der Waals surface area contributed by atoms with Crippen molar-refractivity contribution in [3.63, 3.8) is 0 Å². The van der Waals surface area contributed by atoms with Gasteiger partial charge >= 0.3 is 0 Å². The van der Waals surface area contributed by atoms with E-state index in [2.05, 4.69) is 45.0 Å². The lowest BCUT2D eigenvalue weighted by atomic mass is 9.91. The highest BCUT2D eigenvalue weighted by Gasteiger charge is 2.13. The fourth-order valence-electron chi connectivity index (χ4n) is 2.47. The second-order valence-corrected chi connectivity index (χ2v) is 5.53. The van der Waals surface area contributed by atoms with Gasteiger partial charge in [-0.1, -0.05) is 69.3 Å². The minimum Gasteiger partial charge on any atom is -0.507 e. The summed E-state index contributed by atoms with van der Waals surface area (Å²) in [4.78, 5) is 0. The Morgan fingerprint density at radius 3 is 2.21 bits per heavy atom. The largest absolute Gasteiger partial charge is 0.507 e. The molecule has 0 aliphatic carbocycles. The van der Waals surface area contributed by atoms with E-state index in [0.717, 1.165) is 17.5 Å². The lowest BCUT2D eigenvalue weighted by Crippen LogP contribution is -2.00. The molecule has 0 amide bonds. The van der Waals surface area contributed by atoms with Gasteiger partial charge in [-0.15, -0.1) is 0 Å². The van der Waals surface area contributed by atoms with Crippen molar-refractivity contribution in [3.05, 3.63) is 65.2 Å². The number of benzene rings is 2. The van der Waals surface area contributed by atoms with Crippen LogP contribution < -0.4 is 0 Å². The highest BCUT2D eigenvalue weighted by atomic mass is 16.3. The van der Waals surface area contributed by atoms with E-state index in [1.807, 2.05) is 24.3 Å². The van der Waals surface area contributed by atoms with Crippen LogP contribution >= 0.6 is 0 Å². The van der Waals surface area contributed by atoms with Crippen LogP contribution in [0.3, 0.4) is 0 Å². The minimum atomic E-state index is 0.354. The Balaban J connectivity index is 2.22. The molecule has 2 rings (SSSR count). The van der Waals surface area contributed by atoms with Crippen molar-refractivity contribution in [2.45, 2.75) is 39.0 Å². The number of hydrogen-bond donors (Lipinski definition) is 1. The highest BCUT2D eigenvalue weighted by molar-refractivity contribution is 5.43. The number of aromatic hydroxyl groups is 1. The summed E-state index contributed by atoms with van der Waals surface area (Å²) in [6.45, 7) is 6.43. The molecule has 0 radical (unpaired) electrons. The average Bonchev–Trinajstić information content (AvgIpc) is 2.41. The van der Waals surface area contributed by atoms with Crippen LogP contribution in [0.1, 0.15) is 49.3 Å². The third kappa shape index (κ3) is 3.17. The first-order valence-corrected chi connectivity index (χ1v) is 6.95. The quantitative estimate of drug-likeness (QED) is 0.826. The van der Waals surface area contributed by atoms with Crippen LogP contribution in [0.2, 0.25) is 0 Å². The molecule has 1 heteroatoms. The van der Waals surface area contributed by atoms with Crippen LogP contribution in [0.4, 0.5) is 0 Å². The number of phenolic OH excluding ortho intramolecular Hbond substituents is 1. The maximum absolute atomic E-state index is 10.4. The molecule has 0 spiro atoms. The van der Waals surface area contributed by atoms with Crippen LogP contribution in [0, 0.1) is 0 Å². The van der Waals surface area contributed by atoms with Gasteiger partial charge in [-0.2, -0.15) is 0 Å². The molecule has 0 aromatic heterocycles. The van der Waals surface area contributed by atoms with Gasteiger partial charge in [0, 0.05) is 0 Å². The number of hydrogen-bond acceptors (Lipinski definition) is 1. The van der Waals surface area contributed by atoms with E-state index in [0.29, 0.717) is 17.6 Å². The summed E-state index contributed by atoms with van der Waals surface area (Å²) in [5, 5.41) is 10.4. The highest BCUT2D eigenvalue weighted by Crippen LogP contribution is 2.32. The molecule has 0 fully saturated rings. The third-order valence-corrected chi connectivity index (χ3v) is 3.67. The van der Waals surface area contributed by atoms with E-state index in [-0.39, 0.29) is 0 Å². The van der Waals surface area contributed by atoms with Crippen molar-refractivity contribution in [2.75, 3.05) is 0 Å². The summed E-state index contributed by atoms with van der Waals surface area (Å²) >= 11 is 0. The summed E-state index contributed by atoms with van der Waals surface area (Å²) in [5.74, 6) is 1.24. The first-order valence-electron chi connectivity index (χ1n) is 6.95. The molecule has 1 N–H and O–H groups in total. The first-order chi connectivity index (χ1) is 9.09. The molecular weight excluding hydrogens is 232 g/mol. The molecule has 0 heterocycles. The molecular formula is C18H22O. The van der Waals surface area contributed by atoms with Gasteiger partial charge in [0.15, 0.2) is 0 Å². The molecule has 2 aromatic carbocycles. The Morgan fingerprint density at radius 1 is 0.895 bits per heavy atom. The summed E-state index contributed by atoms with van der Waals surface area (Å²) < 4.78 is 0. The van der Waals surface area contributed by atoms with Gasteiger partial charge in [0.2, 0.25) is 0 Å². The van der Waals surface area contributed by atoms with E-state index in [1.54, 1.807) is 0 Å². The molecule has 0 aliphatic rings. The van der Waals surface area contributed by atoms with Gasteiger partial charge in [0.05, 0.1) is 0 Å². The monoisotopic (exact) mass is 254 g/mol. The average molecular weight is 254 g/mol. The number of para-hydroxylation sites is 1. The van der Waals surface area contributed by atoms with Crippen molar-refractivity contribution in [2.24, 2.45) is 0 Å². The molecule has 2 aromatic rings. The summed E-state index contributed by atoms with van der Waals surface area (Å²) in [6.07, 6.45) is 0.871. The Morgan fingerprint density at radius 2 is 1.58 bits per heavy atom.